The van der Waals surface area contributed by atoms with Crippen molar-refractivity contribution >= 4 is 0 Å². The summed E-state index contributed by atoms with van der Waals surface area (Å²) in [4.78, 5) is 0. The minimum absolute atomic E-state index is 0.259. The normalized spacial score (nSPS) is 10.8. The molecule has 0 aliphatic carbocycles. The van der Waals surface area contributed by atoms with Crippen LogP contribution in [0.3, 0.4) is 0 Å². The third kappa shape index (κ3) is 3.25. The molecular formula is C26H22O2. The number of hydrogen-bond donors (Lipinski definition) is 2. The molecule has 0 spiro atoms. The van der Waals surface area contributed by atoms with E-state index in [1.54, 1.807) is 12.1 Å². The monoisotopic (exact) mass is 366 g/mol. The maximum Gasteiger partial charge on any atom is 0.123 e. The zero-order valence-corrected chi connectivity index (χ0v) is 15.8. The number of rotatable bonds is 4. The highest BCUT2D eigenvalue weighted by Gasteiger charge is 2.16. The summed E-state index contributed by atoms with van der Waals surface area (Å²) in [5.41, 5.74) is 6.82. The molecule has 0 bridgehead atoms. The van der Waals surface area contributed by atoms with Crippen molar-refractivity contribution in [3.8, 4) is 44.9 Å². The van der Waals surface area contributed by atoms with Crippen LogP contribution in [0.1, 0.15) is 12.5 Å². The largest absolute Gasteiger partial charge is 0.507 e. The molecule has 0 heterocycles. The second kappa shape index (κ2) is 7.61. The van der Waals surface area contributed by atoms with Gasteiger partial charge in [-0.3, -0.25) is 0 Å². The van der Waals surface area contributed by atoms with E-state index in [-0.39, 0.29) is 11.5 Å². The second-order valence-electron chi connectivity index (χ2n) is 6.80. The van der Waals surface area contributed by atoms with Crippen LogP contribution in [0.25, 0.3) is 33.4 Å². The predicted octanol–water partition coefficient (Wildman–Crippen LogP) is 6.66. The average molecular weight is 366 g/mol. The lowest BCUT2D eigenvalue weighted by Gasteiger charge is -2.17. The Morgan fingerprint density at radius 2 is 1.18 bits per heavy atom. The Bertz CT molecular complexity index is 1100. The van der Waals surface area contributed by atoms with Gasteiger partial charge in [0.15, 0.2) is 0 Å². The van der Waals surface area contributed by atoms with Crippen molar-refractivity contribution in [3.63, 3.8) is 0 Å². The third-order valence-corrected chi connectivity index (χ3v) is 5.10. The lowest BCUT2D eigenvalue weighted by atomic mass is 9.88. The maximum atomic E-state index is 10.6. The third-order valence-electron chi connectivity index (χ3n) is 5.10. The van der Waals surface area contributed by atoms with Crippen molar-refractivity contribution in [2.45, 2.75) is 13.3 Å². The number of benzene rings is 4. The highest BCUT2D eigenvalue weighted by atomic mass is 16.3. The molecule has 0 amide bonds. The Morgan fingerprint density at radius 1 is 0.571 bits per heavy atom. The second-order valence-corrected chi connectivity index (χ2v) is 6.80. The van der Waals surface area contributed by atoms with Gasteiger partial charge in [0.1, 0.15) is 11.5 Å². The fraction of sp³-hybridized carbons (Fsp3) is 0.0769. The summed E-state index contributed by atoms with van der Waals surface area (Å²) in [6.07, 6.45) is 0.787. The first kappa shape index (κ1) is 17.9. The first-order valence-electron chi connectivity index (χ1n) is 9.48. The van der Waals surface area contributed by atoms with Crippen LogP contribution in [0, 0.1) is 0 Å². The summed E-state index contributed by atoms with van der Waals surface area (Å²) in [5.74, 6) is 0.545. The lowest BCUT2D eigenvalue weighted by Crippen LogP contribution is -1.94. The topological polar surface area (TPSA) is 40.5 Å². The lowest BCUT2D eigenvalue weighted by molar-refractivity contribution is 0.476. The molecule has 4 aromatic rings. The molecule has 0 aromatic heterocycles. The molecule has 0 saturated heterocycles. The van der Waals surface area contributed by atoms with Crippen molar-refractivity contribution in [2.24, 2.45) is 0 Å². The Hall–Kier alpha value is -3.52. The van der Waals surface area contributed by atoms with Gasteiger partial charge in [0.05, 0.1) is 0 Å². The van der Waals surface area contributed by atoms with Crippen LogP contribution in [0.4, 0.5) is 0 Å². The summed E-state index contributed by atoms with van der Waals surface area (Å²) < 4.78 is 0. The van der Waals surface area contributed by atoms with E-state index in [4.69, 9.17) is 0 Å². The summed E-state index contributed by atoms with van der Waals surface area (Å²) >= 11 is 0. The molecule has 0 aliphatic rings. The van der Waals surface area contributed by atoms with Gasteiger partial charge in [-0.05, 0) is 52.4 Å². The van der Waals surface area contributed by atoms with E-state index in [0.717, 1.165) is 45.4 Å². The zero-order valence-electron chi connectivity index (χ0n) is 15.8. The average Bonchev–Trinajstić information content (AvgIpc) is 2.75. The smallest absolute Gasteiger partial charge is 0.123 e. The molecule has 0 fully saturated rings. The molecule has 138 valence electrons. The Balaban J connectivity index is 1.91. The highest BCUT2D eigenvalue weighted by Crippen LogP contribution is 2.41. The number of phenolic OH excluding ortho intramolecular Hbond substituents is 2. The Labute approximate surface area is 165 Å². The van der Waals surface area contributed by atoms with E-state index in [2.05, 4.69) is 6.92 Å². The van der Waals surface area contributed by atoms with Crippen molar-refractivity contribution in [1.29, 1.82) is 0 Å². The number of hydrogen-bond acceptors (Lipinski definition) is 2. The molecule has 0 unspecified atom stereocenters. The van der Waals surface area contributed by atoms with Crippen LogP contribution in [0.5, 0.6) is 11.5 Å². The quantitative estimate of drug-likeness (QED) is 0.424. The van der Waals surface area contributed by atoms with Gasteiger partial charge in [-0.2, -0.15) is 0 Å². The standard InChI is InChI=1S/C26H22O2/c1-2-21-22(14-16-25(28)26(21)19-11-7-4-8-12-19)20-13-15-24(27)23(17-20)18-9-5-3-6-10-18/h3-17,27-28H,2H2,1H3. The first-order chi connectivity index (χ1) is 13.7. The van der Waals surface area contributed by atoms with E-state index in [0.29, 0.717) is 0 Å². The van der Waals surface area contributed by atoms with Gasteiger partial charge in [-0.25, -0.2) is 0 Å². The maximum absolute atomic E-state index is 10.6. The molecule has 0 aliphatic heterocycles. The summed E-state index contributed by atoms with van der Waals surface area (Å²) in [6.45, 7) is 2.10. The molecular weight excluding hydrogens is 344 g/mol. The van der Waals surface area contributed by atoms with Crippen LogP contribution in [-0.4, -0.2) is 10.2 Å². The van der Waals surface area contributed by atoms with Crippen LogP contribution >= 0.6 is 0 Å². The molecule has 0 radical (unpaired) electrons. The summed E-state index contributed by atoms with van der Waals surface area (Å²) in [5, 5.41) is 21.0. The molecule has 2 nitrogen and oxygen atoms in total. The molecule has 0 atom stereocenters. The fourth-order valence-corrected chi connectivity index (χ4v) is 3.75. The molecule has 2 heteroatoms. The van der Waals surface area contributed by atoms with E-state index in [1.807, 2.05) is 78.9 Å². The van der Waals surface area contributed by atoms with Gasteiger partial charge in [-0.15, -0.1) is 0 Å². The van der Waals surface area contributed by atoms with Crippen LogP contribution in [0.15, 0.2) is 91.0 Å². The number of aromatic hydroxyl groups is 2. The van der Waals surface area contributed by atoms with Crippen LogP contribution < -0.4 is 0 Å². The van der Waals surface area contributed by atoms with Gasteiger partial charge in [-0.1, -0.05) is 79.7 Å². The Kier molecular flexibility index (Phi) is 4.86. The fourth-order valence-electron chi connectivity index (χ4n) is 3.75. The van der Waals surface area contributed by atoms with Gasteiger partial charge in [0.2, 0.25) is 0 Å². The van der Waals surface area contributed by atoms with Crippen molar-refractivity contribution in [2.75, 3.05) is 0 Å². The highest BCUT2D eigenvalue weighted by molar-refractivity contribution is 5.85. The zero-order chi connectivity index (χ0) is 19.5. The molecule has 28 heavy (non-hydrogen) atoms. The van der Waals surface area contributed by atoms with Gasteiger partial charge in [0, 0.05) is 11.1 Å². The van der Waals surface area contributed by atoms with Gasteiger partial charge in [0.25, 0.3) is 0 Å². The molecule has 2 N–H and O–H groups in total. The molecule has 4 aromatic carbocycles. The SMILES string of the molecule is CCc1c(-c2ccc(O)c(-c3ccccc3)c2)ccc(O)c1-c1ccccc1. The summed E-state index contributed by atoms with van der Waals surface area (Å²) in [6, 6.07) is 29.3. The van der Waals surface area contributed by atoms with E-state index >= 15 is 0 Å². The van der Waals surface area contributed by atoms with Gasteiger partial charge >= 0.3 is 0 Å². The molecule has 0 saturated carbocycles. The van der Waals surface area contributed by atoms with Crippen molar-refractivity contribution in [3.05, 3.63) is 96.6 Å². The Morgan fingerprint density at radius 3 is 1.82 bits per heavy atom. The predicted molar refractivity (Wildman–Crippen MR) is 115 cm³/mol. The van der Waals surface area contributed by atoms with Crippen LogP contribution in [-0.2, 0) is 6.42 Å². The van der Waals surface area contributed by atoms with Gasteiger partial charge < -0.3 is 10.2 Å². The van der Waals surface area contributed by atoms with Crippen molar-refractivity contribution in [1.82, 2.24) is 0 Å². The van der Waals surface area contributed by atoms with E-state index < -0.39 is 0 Å². The minimum atomic E-state index is 0.259. The summed E-state index contributed by atoms with van der Waals surface area (Å²) in [7, 11) is 0. The van der Waals surface area contributed by atoms with Crippen LogP contribution in [0.2, 0.25) is 0 Å². The van der Waals surface area contributed by atoms with Crippen molar-refractivity contribution < 1.29 is 10.2 Å². The molecule has 4 rings (SSSR count). The number of phenols is 2. The first-order valence-corrected chi connectivity index (χ1v) is 9.48. The van der Waals surface area contributed by atoms with E-state index in [9.17, 15) is 10.2 Å². The minimum Gasteiger partial charge on any atom is -0.507 e. The van der Waals surface area contributed by atoms with E-state index in [1.165, 1.54) is 0 Å².